The maximum absolute atomic E-state index is 8.08. The Morgan fingerprint density at radius 3 is 1.13 bits per heavy atom. The smallest absolute Gasteiger partial charge is 0.0629 e. The summed E-state index contributed by atoms with van der Waals surface area (Å²) in [7, 11) is 0. The molecule has 519 valence electrons. The van der Waals surface area contributed by atoms with Crippen LogP contribution in [0.25, 0.3) is 122 Å². The van der Waals surface area contributed by atoms with Crippen molar-refractivity contribution in [1.82, 2.24) is 29.9 Å². The molecule has 0 aliphatic carbocycles. The fraction of sp³-hybridized carbons (Fsp3) is 0.0417. The van der Waals surface area contributed by atoms with Crippen LogP contribution < -0.4 is 0 Å². The Morgan fingerprint density at radius 1 is 0.267 bits per heavy atom. The van der Waals surface area contributed by atoms with Crippen molar-refractivity contribution >= 4 is 21.5 Å². The number of aromatic nitrogens is 6. The first kappa shape index (κ1) is 64.6. The molecule has 11 aromatic carbocycles. The van der Waals surface area contributed by atoms with Gasteiger partial charge in [0.2, 0.25) is 0 Å². The van der Waals surface area contributed by atoms with Gasteiger partial charge in [0.15, 0.2) is 0 Å². The number of hydrogen-bond donors (Lipinski definition) is 0. The van der Waals surface area contributed by atoms with Crippen molar-refractivity contribution in [2.45, 2.75) is 27.7 Å². The number of benzene rings is 11. The summed E-state index contributed by atoms with van der Waals surface area (Å²) < 4.78 is 78.9. The average molecular weight is 1900 g/mol. The Labute approximate surface area is 672 Å². The second-order valence-corrected chi connectivity index (χ2v) is 23.1. The molecule has 0 unspecified atom stereocenters. The van der Waals surface area contributed by atoms with Crippen molar-refractivity contribution < 1.29 is 74.0 Å². The van der Waals surface area contributed by atoms with E-state index in [9.17, 15) is 0 Å². The van der Waals surface area contributed by atoms with E-state index < -0.39 is 12.1 Å². The van der Waals surface area contributed by atoms with Gasteiger partial charge in [0.05, 0.1) is 13.7 Å². The second kappa shape index (κ2) is 40.6. The number of pyridine rings is 6. The Balaban J connectivity index is 0.000000159. The zero-order valence-electron chi connectivity index (χ0n) is 67.6. The van der Waals surface area contributed by atoms with Crippen molar-refractivity contribution in [2.24, 2.45) is 0 Å². The Morgan fingerprint density at radius 2 is 0.676 bits per heavy atom. The zero-order chi connectivity index (χ0) is 78.6. The van der Waals surface area contributed by atoms with Gasteiger partial charge in [0.1, 0.15) is 0 Å². The third-order valence-corrected chi connectivity index (χ3v) is 16.1. The third kappa shape index (κ3) is 21.7. The van der Waals surface area contributed by atoms with Crippen molar-refractivity contribution in [3.63, 3.8) is 0 Å². The molecule has 6 aromatic heterocycles. The first-order valence-electron chi connectivity index (χ1n) is 38.0. The molecular formula is C96H72Ir3N6-6. The van der Waals surface area contributed by atoms with Gasteiger partial charge in [-0.05, 0) is 124 Å². The molecule has 0 aliphatic heterocycles. The van der Waals surface area contributed by atoms with Crippen LogP contribution in [0.1, 0.15) is 36.0 Å². The maximum Gasteiger partial charge on any atom is 0.0629 e. The van der Waals surface area contributed by atoms with Crippen LogP contribution in [0.5, 0.6) is 0 Å². The molecular weight excluding hydrogens is 1810 g/mol. The SMILES string of the molecule is Cc1cc(-c2[c-]cccc2)ncc1-c1ccccc1.Cc1cccnc1-c1[c-]cccc1.[2H]c1c([2H])c([2H])c(-c2cnc(-c3[c-]cccc3)cc2C)c([2H])c1[2H].[2H]c1c([2H])c([2H])c(-c2cnc(-c3[c-]cccc3)cc2C)c([2H])c1[2H].[Ir].[Ir].[Ir].[c-]1cc2ccccc2cc1-c1ccccn1.[c-]1ccccc1-c1nccc2ccccc12. The summed E-state index contributed by atoms with van der Waals surface area (Å²) in [6.07, 6.45) is 10.5. The summed E-state index contributed by atoms with van der Waals surface area (Å²) in [5.41, 5.74) is 19.1. The minimum absolute atomic E-state index is 0. The Bertz CT molecular complexity index is 5850. The topological polar surface area (TPSA) is 77.3 Å². The van der Waals surface area contributed by atoms with E-state index in [-0.39, 0.29) is 120 Å². The van der Waals surface area contributed by atoms with Gasteiger partial charge >= 0.3 is 0 Å². The fourth-order valence-corrected chi connectivity index (χ4v) is 11.0. The molecule has 0 saturated carbocycles. The van der Waals surface area contributed by atoms with Crippen LogP contribution in [-0.4, -0.2) is 29.9 Å². The predicted molar refractivity (Wildman–Crippen MR) is 421 cm³/mol. The number of aryl methyl sites for hydroxylation is 4. The zero-order valence-corrected chi connectivity index (χ0v) is 64.7. The van der Waals surface area contributed by atoms with Crippen LogP contribution in [-0.2, 0) is 60.3 Å². The standard InChI is InChI=1S/3C18H14N.2C15H10N.C12H10N.3Ir/c3*1-14-12-18(16-10-6-3-7-11-16)19-13-17(14)15-8-4-2-5-9-15;1-2-6-13-11-14(9-8-12(13)5-1)15-7-3-4-10-16-15;1-2-7-13(8-3-1)15-14-9-5-4-6-12(14)10-11-16-15;1-10-6-5-9-13-12(10)11-7-3-2-4-8-11;;;/h3*2-10,12-13H,1H3;1-8,10-11H;1-7,9-11H;2-7,9H,1H3;;;/q6*-1;;;/i2*2D,4D,5D,8D,9D;;;;;;;. The van der Waals surface area contributed by atoms with Gasteiger partial charge in [-0.1, -0.05) is 187 Å². The minimum atomic E-state index is -0.394. The minimum Gasteiger partial charge on any atom is -0.305 e. The van der Waals surface area contributed by atoms with Gasteiger partial charge in [-0.2, -0.15) is 0 Å². The van der Waals surface area contributed by atoms with Crippen LogP contribution >= 0.6 is 0 Å². The molecule has 6 heterocycles. The van der Waals surface area contributed by atoms with E-state index in [1.807, 2.05) is 233 Å². The van der Waals surface area contributed by atoms with Crippen LogP contribution in [0.15, 0.2) is 365 Å². The molecule has 0 atom stereocenters. The molecule has 9 heteroatoms. The molecule has 3 radical (unpaired) electrons. The quantitative estimate of drug-likeness (QED) is 0.134. The number of nitrogens with zero attached hydrogens (tertiary/aromatic N) is 6. The second-order valence-electron chi connectivity index (χ2n) is 23.1. The molecule has 0 aliphatic rings. The van der Waals surface area contributed by atoms with Gasteiger partial charge in [0.25, 0.3) is 0 Å². The molecule has 0 saturated heterocycles. The summed E-state index contributed by atoms with van der Waals surface area (Å²) >= 11 is 0. The molecule has 0 amide bonds. The summed E-state index contributed by atoms with van der Waals surface area (Å²) in [6, 6.07) is 103. The normalized spacial score (nSPS) is 11.4. The molecule has 6 nitrogen and oxygen atoms in total. The first-order valence-corrected chi connectivity index (χ1v) is 33.0. The van der Waals surface area contributed by atoms with Crippen LogP contribution in [0.4, 0.5) is 0 Å². The van der Waals surface area contributed by atoms with E-state index in [0.29, 0.717) is 11.1 Å². The monoisotopic (exact) mass is 1900 g/mol. The molecule has 0 spiro atoms. The molecule has 0 fully saturated rings. The van der Waals surface area contributed by atoms with E-state index in [1.54, 1.807) is 30.7 Å². The predicted octanol–water partition coefficient (Wildman–Crippen LogP) is 23.8. The summed E-state index contributed by atoms with van der Waals surface area (Å²) in [4.78, 5) is 26.4. The van der Waals surface area contributed by atoms with E-state index in [0.717, 1.165) is 78.7 Å². The van der Waals surface area contributed by atoms with Gasteiger partial charge < -0.3 is 29.9 Å². The van der Waals surface area contributed by atoms with E-state index in [1.165, 1.54) is 43.8 Å². The number of rotatable bonds is 9. The van der Waals surface area contributed by atoms with Crippen LogP contribution in [0.3, 0.4) is 0 Å². The Hall–Kier alpha value is -11.2. The fourth-order valence-electron chi connectivity index (χ4n) is 11.0. The van der Waals surface area contributed by atoms with Crippen molar-refractivity contribution in [2.75, 3.05) is 0 Å². The Kier molecular flexibility index (Phi) is 25.0. The molecule has 105 heavy (non-hydrogen) atoms. The summed E-state index contributed by atoms with van der Waals surface area (Å²) in [5.74, 6) is 0. The van der Waals surface area contributed by atoms with E-state index in [2.05, 4.69) is 135 Å². The largest absolute Gasteiger partial charge is 0.305 e. The summed E-state index contributed by atoms with van der Waals surface area (Å²) in [5, 5.41) is 4.82. The molecule has 0 bridgehead atoms. The van der Waals surface area contributed by atoms with Crippen molar-refractivity contribution in [3.05, 3.63) is 423 Å². The molecule has 0 N–H and O–H groups in total. The van der Waals surface area contributed by atoms with Gasteiger partial charge in [0, 0.05) is 114 Å². The van der Waals surface area contributed by atoms with Crippen molar-refractivity contribution in [1.29, 1.82) is 0 Å². The average Bonchev–Trinajstić information content (AvgIpc) is 0.777. The molecule has 17 rings (SSSR count). The van der Waals surface area contributed by atoms with E-state index >= 15 is 0 Å². The first-order chi connectivity index (χ1) is 54.4. The molecule has 17 aromatic rings. The van der Waals surface area contributed by atoms with Gasteiger partial charge in [-0.3, -0.25) is 0 Å². The maximum atomic E-state index is 8.08. The number of fused-ring (bicyclic) bond motifs is 2. The van der Waals surface area contributed by atoms with Gasteiger partial charge in [-0.25, -0.2) is 0 Å². The number of hydrogen-bond acceptors (Lipinski definition) is 6. The third-order valence-electron chi connectivity index (χ3n) is 16.1. The van der Waals surface area contributed by atoms with Crippen LogP contribution in [0.2, 0.25) is 0 Å². The van der Waals surface area contributed by atoms with Gasteiger partial charge in [-0.15, -0.1) is 209 Å². The van der Waals surface area contributed by atoms with E-state index in [4.69, 9.17) is 13.7 Å². The van der Waals surface area contributed by atoms with Crippen LogP contribution in [0, 0.1) is 64.1 Å². The summed E-state index contributed by atoms with van der Waals surface area (Å²) in [6.45, 7) is 7.86. The van der Waals surface area contributed by atoms with Crippen molar-refractivity contribution in [3.8, 4) is 101 Å².